The van der Waals surface area contributed by atoms with Gasteiger partial charge in [0.1, 0.15) is 10.8 Å². The molecule has 0 aliphatic carbocycles. The Bertz CT molecular complexity index is 406. The number of aromatic nitrogens is 1. The Morgan fingerprint density at radius 3 is 2.47 bits per heavy atom. The maximum Gasteiger partial charge on any atom is 0.123 e. The summed E-state index contributed by atoms with van der Waals surface area (Å²) in [5.74, 6) is 0.908. The second kappa shape index (κ2) is 4.45. The summed E-state index contributed by atoms with van der Waals surface area (Å²) < 4.78 is 5.57. The van der Waals surface area contributed by atoms with E-state index in [0.29, 0.717) is 0 Å². The third kappa shape index (κ3) is 2.57. The van der Waals surface area contributed by atoms with E-state index in [1.807, 2.05) is 49.7 Å². The highest BCUT2D eigenvalue weighted by Gasteiger charge is 2.01. The quantitative estimate of drug-likeness (QED) is 0.787. The zero-order valence-electron chi connectivity index (χ0n) is 8.81. The number of ether oxygens (including phenoxy) is 1. The van der Waals surface area contributed by atoms with Crippen molar-refractivity contribution in [3.8, 4) is 16.3 Å². The van der Waals surface area contributed by atoms with Crippen LogP contribution in [0.4, 0.5) is 0 Å². The lowest BCUT2D eigenvalue weighted by atomic mass is 10.2. The van der Waals surface area contributed by atoms with Crippen LogP contribution < -0.4 is 4.74 Å². The highest BCUT2D eigenvalue weighted by molar-refractivity contribution is 7.13. The molecule has 2 aromatic rings. The Kier molecular flexibility index (Phi) is 3.02. The molecule has 0 N–H and O–H groups in total. The smallest absolute Gasteiger partial charge is 0.123 e. The summed E-state index contributed by atoms with van der Waals surface area (Å²) in [6, 6.07) is 8.04. The van der Waals surface area contributed by atoms with Gasteiger partial charge in [-0.15, -0.1) is 11.3 Å². The Hall–Kier alpha value is -1.35. The Morgan fingerprint density at radius 1 is 1.20 bits per heavy atom. The molecule has 3 heteroatoms. The molecule has 0 aliphatic rings. The lowest BCUT2D eigenvalue weighted by molar-refractivity contribution is 0.242. The molecule has 0 amide bonds. The molecule has 0 radical (unpaired) electrons. The average Bonchev–Trinajstić information content (AvgIpc) is 2.71. The van der Waals surface area contributed by atoms with E-state index < -0.39 is 0 Å². The van der Waals surface area contributed by atoms with E-state index in [-0.39, 0.29) is 6.10 Å². The van der Waals surface area contributed by atoms with Gasteiger partial charge in [-0.05, 0) is 38.1 Å². The van der Waals surface area contributed by atoms with Gasteiger partial charge in [0, 0.05) is 17.1 Å². The Morgan fingerprint density at radius 2 is 1.93 bits per heavy atom. The average molecular weight is 219 g/mol. The van der Waals surface area contributed by atoms with Crippen molar-refractivity contribution in [1.82, 2.24) is 4.98 Å². The topological polar surface area (TPSA) is 22.1 Å². The third-order valence-electron chi connectivity index (χ3n) is 1.91. The number of rotatable bonds is 3. The van der Waals surface area contributed by atoms with Crippen LogP contribution in [0.3, 0.4) is 0 Å². The van der Waals surface area contributed by atoms with Crippen LogP contribution >= 0.6 is 11.3 Å². The first kappa shape index (κ1) is 10.2. The third-order valence-corrected chi connectivity index (χ3v) is 2.73. The van der Waals surface area contributed by atoms with Gasteiger partial charge in [-0.25, -0.2) is 4.98 Å². The molecule has 1 heterocycles. The maximum atomic E-state index is 5.57. The molecule has 78 valence electrons. The van der Waals surface area contributed by atoms with E-state index in [1.165, 1.54) is 0 Å². The minimum Gasteiger partial charge on any atom is -0.491 e. The second-order valence-electron chi connectivity index (χ2n) is 3.53. The van der Waals surface area contributed by atoms with Gasteiger partial charge in [0.25, 0.3) is 0 Å². The van der Waals surface area contributed by atoms with Crippen molar-refractivity contribution < 1.29 is 4.74 Å². The van der Waals surface area contributed by atoms with Crippen LogP contribution in [0.25, 0.3) is 10.6 Å². The summed E-state index contributed by atoms with van der Waals surface area (Å²) in [6.45, 7) is 4.05. The summed E-state index contributed by atoms with van der Waals surface area (Å²) in [6.07, 6.45) is 2.04. The van der Waals surface area contributed by atoms with Crippen LogP contribution in [0, 0.1) is 0 Å². The van der Waals surface area contributed by atoms with Gasteiger partial charge < -0.3 is 4.74 Å². The number of benzene rings is 1. The lowest BCUT2D eigenvalue weighted by Crippen LogP contribution is -2.05. The van der Waals surface area contributed by atoms with Crippen LogP contribution in [-0.2, 0) is 0 Å². The van der Waals surface area contributed by atoms with Crippen molar-refractivity contribution in [2.45, 2.75) is 20.0 Å². The molecule has 0 fully saturated rings. The number of hydrogen-bond donors (Lipinski definition) is 0. The molecule has 0 aliphatic heterocycles. The molecular formula is C12H13NOS. The van der Waals surface area contributed by atoms with E-state index in [1.54, 1.807) is 11.3 Å². The first-order chi connectivity index (χ1) is 7.25. The van der Waals surface area contributed by atoms with Gasteiger partial charge >= 0.3 is 0 Å². The van der Waals surface area contributed by atoms with Gasteiger partial charge in [-0.1, -0.05) is 0 Å². The zero-order valence-corrected chi connectivity index (χ0v) is 9.62. The molecule has 1 aromatic carbocycles. The minimum atomic E-state index is 0.218. The monoisotopic (exact) mass is 219 g/mol. The highest BCUT2D eigenvalue weighted by Crippen LogP contribution is 2.24. The summed E-state index contributed by atoms with van der Waals surface area (Å²) in [5, 5.41) is 3.03. The van der Waals surface area contributed by atoms with Crippen LogP contribution in [0.1, 0.15) is 13.8 Å². The van der Waals surface area contributed by atoms with Gasteiger partial charge in [0.05, 0.1) is 6.10 Å². The van der Waals surface area contributed by atoms with Gasteiger partial charge in [0.15, 0.2) is 0 Å². The largest absolute Gasteiger partial charge is 0.491 e. The van der Waals surface area contributed by atoms with Crippen LogP contribution in [0.15, 0.2) is 35.8 Å². The standard InChI is InChI=1S/C12H13NOS/c1-9(2)14-11-5-3-10(4-6-11)12-13-7-8-15-12/h3-9H,1-2H3. The van der Waals surface area contributed by atoms with E-state index >= 15 is 0 Å². The first-order valence-electron chi connectivity index (χ1n) is 4.92. The SMILES string of the molecule is CC(C)Oc1ccc(-c2nccs2)cc1. The number of hydrogen-bond acceptors (Lipinski definition) is 3. The molecule has 2 rings (SSSR count). The molecule has 15 heavy (non-hydrogen) atoms. The molecule has 2 nitrogen and oxygen atoms in total. The van der Waals surface area contributed by atoms with Gasteiger partial charge in [0.2, 0.25) is 0 Å². The fraction of sp³-hybridized carbons (Fsp3) is 0.250. The molecule has 0 atom stereocenters. The van der Waals surface area contributed by atoms with Crippen LogP contribution in [0.5, 0.6) is 5.75 Å². The molecule has 0 unspecified atom stereocenters. The van der Waals surface area contributed by atoms with Crippen LogP contribution in [-0.4, -0.2) is 11.1 Å². The van der Waals surface area contributed by atoms with E-state index in [0.717, 1.165) is 16.3 Å². The maximum absolute atomic E-state index is 5.57. The van der Waals surface area contributed by atoms with E-state index in [9.17, 15) is 0 Å². The van der Waals surface area contributed by atoms with E-state index in [4.69, 9.17) is 4.74 Å². The van der Waals surface area contributed by atoms with Gasteiger partial charge in [-0.3, -0.25) is 0 Å². The van der Waals surface area contributed by atoms with Crippen molar-refractivity contribution in [3.63, 3.8) is 0 Å². The predicted molar refractivity (Wildman–Crippen MR) is 63.3 cm³/mol. The summed E-state index contributed by atoms with van der Waals surface area (Å²) in [5.41, 5.74) is 1.14. The fourth-order valence-electron chi connectivity index (χ4n) is 1.31. The molecule has 1 aromatic heterocycles. The first-order valence-corrected chi connectivity index (χ1v) is 5.80. The Balaban J connectivity index is 2.17. The number of nitrogens with zero attached hydrogens (tertiary/aromatic N) is 1. The molecule has 0 bridgehead atoms. The van der Waals surface area contributed by atoms with Crippen molar-refractivity contribution in [3.05, 3.63) is 35.8 Å². The highest BCUT2D eigenvalue weighted by atomic mass is 32.1. The number of thiazole rings is 1. The van der Waals surface area contributed by atoms with Crippen molar-refractivity contribution >= 4 is 11.3 Å². The zero-order chi connectivity index (χ0) is 10.7. The second-order valence-corrected chi connectivity index (χ2v) is 4.42. The van der Waals surface area contributed by atoms with E-state index in [2.05, 4.69) is 4.98 Å². The summed E-state index contributed by atoms with van der Waals surface area (Å²) in [7, 11) is 0. The minimum absolute atomic E-state index is 0.218. The summed E-state index contributed by atoms with van der Waals surface area (Å²) in [4.78, 5) is 4.25. The molecule has 0 spiro atoms. The Labute approximate surface area is 93.6 Å². The molecule has 0 saturated heterocycles. The van der Waals surface area contributed by atoms with Crippen LogP contribution in [0.2, 0.25) is 0 Å². The molecule has 0 saturated carbocycles. The fourth-order valence-corrected chi connectivity index (χ4v) is 1.96. The van der Waals surface area contributed by atoms with Crippen molar-refractivity contribution in [2.24, 2.45) is 0 Å². The normalized spacial score (nSPS) is 10.6. The molecular weight excluding hydrogens is 206 g/mol. The summed E-state index contributed by atoms with van der Waals surface area (Å²) >= 11 is 1.64. The lowest BCUT2D eigenvalue weighted by Gasteiger charge is -2.09. The predicted octanol–water partition coefficient (Wildman–Crippen LogP) is 3.60. The van der Waals surface area contributed by atoms with Gasteiger partial charge in [-0.2, -0.15) is 0 Å². The van der Waals surface area contributed by atoms with Crippen molar-refractivity contribution in [2.75, 3.05) is 0 Å². The van der Waals surface area contributed by atoms with Crippen molar-refractivity contribution in [1.29, 1.82) is 0 Å².